The van der Waals surface area contributed by atoms with Gasteiger partial charge in [0.1, 0.15) is 5.82 Å². The van der Waals surface area contributed by atoms with Crippen LogP contribution in [0.1, 0.15) is 37.0 Å². The molecule has 0 saturated carbocycles. The maximum absolute atomic E-state index is 13.3. The van der Waals surface area contributed by atoms with Gasteiger partial charge >= 0.3 is 5.97 Å². The quantitative estimate of drug-likeness (QED) is 0.490. The zero-order valence-corrected chi connectivity index (χ0v) is 13.7. The van der Waals surface area contributed by atoms with E-state index >= 15 is 0 Å². The first-order valence-corrected chi connectivity index (χ1v) is 7.86. The number of ether oxygens (including phenoxy) is 2. The Kier molecular flexibility index (Phi) is 8.90. The van der Waals surface area contributed by atoms with Gasteiger partial charge < -0.3 is 14.4 Å². The topological polar surface area (TPSA) is 55.8 Å². The molecule has 0 fully saturated rings. The van der Waals surface area contributed by atoms with Gasteiger partial charge in [-0.15, -0.1) is 0 Å². The van der Waals surface area contributed by atoms with Gasteiger partial charge in [0.05, 0.1) is 13.0 Å². The minimum Gasteiger partial charge on any atom is -0.466 e. The van der Waals surface area contributed by atoms with E-state index in [-0.39, 0.29) is 30.4 Å². The Balaban J connectivity index is 2.68. The van der Waals surface area contributed by atoms with E-state index < -0.39 is 5.82 Å². The molecule has 128 valence electrons. The SMILES string of the molecule is CCOCCCN(CCC(=O)OCC)C(=O)c1cccc(F)c1. The molecule has 1 aromatic carbocycles. The van der Waals surface area contributed by atoms with E-state index in [0.717, 1.165) is 0 Å². The fraction of sp³-hybridized carbons (Fsp3) is 0.529. The van der Waals surface area contributed by atoms with Crippen LogP contribution in [0.2, 0.25) is 0 Å². The zero-order chi connectivity index (χ0) is 17.1. The Bertz CT molecular complexity index is 507. The predicted octanol–water partition coefficient (Wildman–Crippen LogP) is 2.65. The molecule has 0 heterocycles. The molecule has 0 aromatic heterocycles. The monoisotopic (exact) mass is 325 g/mol. The maximum Gasteiger partial charge on any atom is 0.307 e. The van der Waals surface area contributed by atoms with Gasteiger partial charge in [0.25, 0.3) is 5.91 Å². The summed E-state index contributed by atoms with van der Waals surface area (Å²) in [5.41, 5.74) is 0.269. The van der Waals surface area contributed by atoms with Crippen LogP contribution in [0.5, 0.6) is 0 Å². The van der Waals surface area contributed by atoms with Crippen molar-refractivity contribution in [1.82, 2.24) is 4.90 Å². The number of esters is 1. The molecule has 0 N–H and O–H groups in total. The number of amides is 1. The van der Waals surface area contributed by atoms with E-state index in [2.05, 4.69) is 0 Å². The van der Waals surface area contributed by atoms with Crippen molar-refractivity contribution in [2.75, 3.05) is 32.9 Å². The predicted molar refractivity (Wildman–Crippen MR) is 84.7 cm³/mol. The molecule has 0 bridgehead atoms. The molecule has 1 aromatic rings. The van der Waals surface area contributed by atoms with Crippen LogP contribution in [0.4, 0.5) is 4.39 Å². The minimum absolute atomic E-state index is 0.115. The number of carbonyl (C=O) groups excluding carboxylic acids is 2. The molecule has 1 rings (SSSR count). The summed E-state index contributed by atoms with van der Waals surface area (Å²) in [6.45, 7) is 5.76. The summed E-state index contributed by atoms with van der Waals surface area (Å²) in [5, 5.41) is 0. The number of hydrogen-bond acceptors (Lipinski definition) is 4. The zero-order valence-electron chi connectivity index (χ0n) is 13.7. The van der Waals surface area contributed by atoms with Crippen molar-refractivity contribution < 1.29 is 23.5 Å². The average Bonchev–Trinajstić information content (AvgIpc) is 2.54. The third kappa shape index (κ3) is 7.23. The van der Waals surface area contributed by atoms with E-state index in [1.54, 1.807) is 13.0 Å². The summed E-state index contributed by atoms with van der Waals surface area (Å²) in [4.78, 5) is 25.5. The van der Waals surface area contributed by atoms with Crippen LogP contribution in [0, 0.1) is 5.82 Å². The van der Waals surface area contributed by atoms with Crippen molar-refractivity contribution in [3.05, 3.63) is 35.6 Å². The van der Waals surface area contributed by atoms with Gasteiger partial charge in [-0.3, -0.25) is 9.59 Å². The molecular formula is C17H24FNO4. The van der Waals surface area contributed by atoms with E-state index in [0.29, 0.717) is 32.8 Å². The molecule has 0 atom stereocenters. The highest BCUT2D eigenvalue weighted by atomic mass is 19.1. The highest BCUT2D eigenvalue weighted by Gasteiger charge is 2.17. The first-order valence-electron chi connectivity index (χ1n) is 7.86. The van der Waals surface area contributed by atoms with Crippen molar-refractivity contribution >= 4 is 11.9 Å². The van der Waals surface area contributed by atoms with Crippen molar-refractivity contribution in [3.63, 3.8) is 0 Å². The second kappa shape index (κ2) is 10.7. The van der Waals surface area contributed by atoms with Gasteiger partial charge in [0, 0.05) is 31.9 Å². The first kappa shape index (κ1) is 19.1. The number of carbonyl (C=O) groups is 2. The first-order chi connectivity index (χ1) is 11.1. The van der Waals surface area contributed by atoms with E-state index in [1.807, 2.05) is 6.92 Å². The maximum atomic E-state index is 13.3. The van der Waals surface area contributed by atoms with Crippen LogP contribution >= 0.6 is 0 Å². The highest BCUT2D eigenvalue weighted by Crippen LogP contribution is 2.09. The normalized spacial score (nSPS) is 10.4. The van der Waals surface area contributed by atoms with E-state index in [4.69, 9.17) is 9.47 Å². The van der Waals surface area contributed by atoms with E-state index in [1.165, 1.54) is 23.1 Å². The van der Waals surface area contributed by atoms with Gasteiger partial charge in [-0.05, 0) is 38.5 Å². The Labute approximate surface area is 136 Å². The molecular weight excluding hydrogens is 301 g/mol. The Morgan fingerprint density at radius 1 is 1.17 bits per heavy atom. The molecule has 0 spiro atoms. The summed E-state index contributed by atoms with van der Waals surface area (Å²) in [6, 6.07) is 5.54. The smallest absolute Gasteiger partial charge is 0.307 e. The molecule has 0 aliphatic rings. The number of rotatable bonds is 10. The van der Waals surface area contributed by atoms with Gasteiger partial charge in [-0.2, -0.15) is 0 Å². The second-order valence-corrected chi connectivity index (χ2v) is 4.91. The van der Waals surface area contributed by atoms with Gasteiger partial charge in [-0.1, -0.05) is 6.07 Å². The third-order valence-corrected chi connectivity index (χ3v) is 3.17. The lowest BCUT2D eigenvalue weighted by atomic mass is 10.2. The Hall–Kier alpha value is -1.95. The summed E-state index contributed by atoms with van der Waals surface area (Å²) < 4.78 is 23.4. The van der Waals surface area contributed by atoms with Crippen molar-refractivity contribution in [2.24, 2.45) is 0 Å². The van der Waals surface area contributed by atoms with Crippen LogP contribution in [-0.4, -0.2) is 49.7 Å². The van der Waals surface area contributed by atoms with Crippen LogP contribution in [0.25, 0.3) is 0 Å². The van der Waals surface area contributed by atoms with Crippen LogP contribution in [-0.2, 0) is 14.3 Å². The van der Waals surface area contributed by atoms with Gasteiger partial charge in [-0.25, -0.2) is 4.39 Å². The molecule has 5 nitrogen and oxygen atoms in total. The van der Waals surface area contributed by atoms with Crippen molar-refractivity contribution in [2.45, 2.75) is 26.7 Å². The molecule has 0 aliphatic carbocycles. The average molecular weight is 325 g/mol. The van der Waals surface area contributed by atoms with Gasteiger partial charge in [0.2, 0.25) is 0 Å². The lowest BCUT2D eigenvalue weighted by Crippen LogP contribution is -2.34. The summed E-state index contributed by atoms with van der Waals surface area (Å²) in [7, 11) is 0. The summed E-state index contributed by atoms with van der Waals surface area (Å²) in [6.07, 6.45) is 0.765. The summed E-state index contributed by atoms with van der Waals surface area (Å²) in [5.74, 6) is -1.12. The largest absolute Gasteiger partial charge is 0.466 e. The molecule has 23 heavy (non-hydrogen) atoms. The molecule has 6 heteroatoms. The molecule has 0 saturated heterocycles. The second-order valence-electron chi connectivity index (χ2n) is 4.91. The van der Waals surface area contributed by atoms with Crippen LogP contribution in [0.3, 0.4) is 0 Å². The van der Waals surface area contributed by atoms with E-state index in [9.17, 15) is 14.0 Å². The Morgan fingerprint density at radius 3 is 2.61 bits per heavy atom. The Morgan fingerprint density at radius 2 is 1.96 bits per heavy atom. The van der Waals surface area contributed by atoms with Crippen molar-refractivity contribution in [3.8, 4) is 0 Å². The van der Waals surface area contributed by atoms with Gasteiger partial charge in [0.15, 0.2) is 0 Å². The number of benzene rings is 1. The lowest BCUT2D eigenvalue weighted by Gasteiger charge is -2.22. The number of nitrogens with zero attached hydrogens (tertiary/aromatic N) is 1. The highest BCUT2D eigenvalue weighted by molar-refractivity contribution is 5.94. The molecule has 1 amide bonds. The van der Waals surface area contributed by atoms with Crippen LogP contribution in [0.15, 0.2) is 24.3 Å². The number of hydrogen-bond donors (Lipinski definition) is 0. The standard InChI is InChI=1S/C17H24FNO4/c1-3-22-12-6-10-19(11-9-16(20)23-4-2)17(21)14-7-5-8-15(18)13-14/h5,7-8,13H,3-4,6,9-12H2,1-2H3. The fourth-order valence-corrected chi connectivity index (χ4v) is 2.08. The van der Waals surface area contributed by atoms with Crippen molar-refractivity contribution in [1.29, 1.82) is 0 Å². The molecule has 0 radical (unpaired) electrons. The van der Waals surface area contributed by atoms with Crippen LogP contribution < -0.4 is 0 Å². The number of halogens is 1. The third-order valence-electron chi connectivity index (χ3n) is 3.17. The minimum atomic E-state index is -0.462. The molecule has 0 unspecified atom stereocenters. The molecule has 0 aliphatic heterocycles. The lowest BCUT2D eigenvalue weighted by molar-refractivity contribution is -0.143. The fourth-order valence-electron chi connectivity index (χ4n) is 2.08. The summed E-state index contributed by atoms with van der Waals surface area (Å²) >= 11 is 0.